The van der Waals surface area contributed by atoms with Crippen molar-refractivity contribution in [3.8, 4) is 0 Å². The summed E-state index contributed by atoms with van der Waals surface area (Å²) in [6, 6.07) is 11.0. The van der Waals surface area contributed by atoms with Crippen molar-refractivity contribution >= 4 is 17.5 Å². The van der Waals surface area contributed by atoms with E-state index in [9.17, 15) is 4.79 Å². The number of rotatable bonds is 4. The minimum Gasteiger partial charge on any atom is -0.459 e. The summed E-state index contributed by atoms with van der Waals surface area (Å²) in [6.07, 6.45) is 2.21. The van der Waals surface area contributed by atoms with E-state index < -0.39 is 0 Å². The van der Waals surface area contributed by atoms with Crippen LogP contribution in [0.4, 0.5) is 0 Å². The molecule has 1 heterocycles. The Morgan fingerprint density at radius 2 is 2.22 bits per heavy atom. The molecule has 0 fully saturated rings. The fraction of sp³-hybridized carbons (Fsp3) is 0.214. The van der Waals surface area contributed by atoms with Gasteiger partial charge in [0.05, 0.1) is 6.26 Å². The molecule has 18 heavy (non-hydrogen) atoms. The van der Waals surface area contributed by atoms with E-state index in [-0.39, 0.29) is 11.9 Å². The number of nitrogens with one attached hydrogen (secondary N) is 1. The maximum atomic E-state index is 11.7. The number of hydrogen-bond donors (Lipinski definition) is 1. The number of carbonyl (C=O) groups excluding carboxylic acids is 1. The number of benzene rings is 1. The lowest BCUT2D eigenvalue weighted by atomic mass is 10.1. The summed E-state index contributed by atoms with van der Waals surface area (Å²) in [5.74, 6) is 0.127. The normalized spacial score (nSPS) is 12.1. The molecule has 0 radical (unpaired) electrons. The van der Waals surface area contributed by atoms with Crippen LogP contribution in [0.3, 0.4) is 0 Å². The van der Waals surface area contributed by atoms with Gasteiger partial charge in [-0.05, 0) is 43.2 Å². The molecule has 0 bridgehead atoms. The van der Waals surface area contributed by atoms with Crippen molar-refractivity contribution in [2.75, 3.05) is 0 Å². The lowest BCUT2D eigenvalue weighted by Crippen LogP contribution is -2.33. The van der Waals surface area contributed by atoms with Crippen molar-refractivity contribution in [1.29, 1.82) is 0 Å². The summed E-state index contributed by atoms with van der Waals surface area (Å²) in [6.45, 7) is 1.95. The monoisotopic (exact) mass is 263 g/mol. The number of amides is 1. The largest absolute Gasteiger partial charge is 0.459 e. The standard InChI is InChI=1S/C14H14ClNO2/c1-10(8-11-4-2-5-12(15)9-11)16-14(17)13-6-3-7-18-13/h2-7,9-10H,8H2,1H3,(H,16,17). The van der Waals surface area contributed by atoms with Gasteiger partial charge in [0.1, 0.15) is 0 Å². The van der Waals surface area contributed by atoms with Crippen LogP contribution in [0.15, 0.2) is 47.1 Å². The summed E-state index contributed by atoms with van der Waals surface area (Å²) in [5.41, 5.74) is 1.09. The number of hydrogen-bond acceptors (Lipinski definition) is 2. The van der Waals surface area contributed by atoms with Gasteiger partial charge in [-0.1, -0.05) is 23.7 Å². The fourth-order valence-corrected chi connectivity index (χ4v) is 1.98. The minimum atomic E-state index is -0.200. The van der Waals surface area contributed by atoms with Crippen LogP contribution in [0, 0.1) is 0 Å². The molecule has 1 aromatic heterocycles. The van der Waals surface area contributed by atoms with Crippen LogP contribution in [0.2, 0.25) is 5.02 Å². The highest BCUT2D eigenvalue weighted by molar-refractivity contribution is 6.30. The van der Waals surface area contributed by atoms with Gasteiger partial charge in [0.2, 0.25) is 0 Å². The van der Waals surface area contributed by atoms with Gasteiger partial charge >= 0.3 is 0 Å². The van der Waals surface area contributed by atoms with Gasteiger partial charge in [-0.15, -0.1) is 0 Å². The van der Waals surface area contributed by atoms with Gasteiger partial charge in [0.25, 0.3) is 5.91 Å². The second kappa shape index (κ2) is 5.74. The SMILES string of the molecule is CC(Cc1cccc(Cl)c1)NC(=O)c1ccco1. The zero-order valence-electron chi connectivity index (χ0n) is 10.0. The molecule has 1 atom stereocenters. The van der Waals surface area contributed by atoms with Crippen molar-refractivity contribution in [1.82, 2.24) is 5.32 Å². The molecule has 0 aliphatic heterocycles. The number of carbonyl (C=O) groups is 1. The highest BCUT2D eigenvalue weighted by Gasteiger charge is 2.12. The third kappa shape index (κ3) is 3.37. The number of furan rings is 1. The maximum absolute atomic E-state index is 11.7. The molecule has 4 heteroatoms. The van der Waals surface area contributed by atoms with Crippen LogP contribution in [0.5, 0.6) is 0 Å². The second-order valence-electron chi connectivity index (χ2n) is 4.19. The Hall–Kier alpha value is -1.74. The van der Waals surface area contributed by atoms with Gasteiger partial charge in [-0.3, -0.25) is 4.79 Å². The molecule has 2 rings (SSSR count). The zero-order valence-corrected chi connectivity index (χ0v) is 10.8. The molecule has 0 spiro atoms. The van der Waals surface area contributed by atoms with E-state index in [2.05, 4.69) is 5.32 Å². The lowest BCUT2D eigenvalue weighted by molar-refractivity contribution is 0.0912. The quantitative estimate of drug-likeness (QED) is 0.920. The van der Waals surface area contributed by atoms with Crippen molar-refractivity contribution in [2.45, 2.75) is 19.4 Å². The first-order chi connectivity index (χ1) is 8.65. The zero-order chi connectivity index (χ0) is 13.0. The van der Waals surface area contributed by atoms with Crippen molar-refractivity contribution in [3.63, 3.8) is 0 Å². The van der Waals surface area contributed by atoms with E-state index >= 15 is 0 Å². The van der Waals surface area contributed by atoms with Gasteiger partial charge < -0.3 is 9.73 Å². The smallest absolute Gasteiger partial charge is 0.287 e. The van der Waals surface area contributed by atoms with Gasteiger partial charge in [-0.2, -0.15) is 0 Å². The molecular weight excluding hydrogens is 250 g/mol. The molecule has 1 amide bonds. The van der Waals surface area contributed by atoms with Crippen LogP contribution in [-0.2, 0) is 6.42 Å². The molecule has 0 aliphatic rings. The molecular formula is C14H14ClNO2. The molecule has 1 aromatic carbocycles. The first-order valence-corrected chi connectivity index (χ1v) is 6.12. The van der Waals surface area contributed by atoms with E-state index in [1.807, 2.05) is 31.2 Å². The van der Waals surface area contributed by atoms with Crippen molar-refractivity contribution < 1.29 is 9.21 Å². The molecule has 1 unspecified atom stereocenters. The van der Waals surface area contributed by atoms with Gasteiger partial charge in [0, 0.05) is 11.1 Å². The Morgan fingerprint density at radius 1 is 1.39 bits per heavy atom. The molecule has 0 aliphatic carbocycles. The Balaban J connectivity index is 1.93. The van der Waals surface area contributed by atoms with Gasteiger partial charge in [-0.25, -0.2) is 0 Å². The maximum Gasteiger partial charge on any atom is 0.287 e. The highest BCUT2D eigenvalue weighted by Crippen LogP contribution is 2.12. The summed E-state index contributed by atoms with van der Waals surface area (Å²) >= 11 is 5.91. The predicted octanol–water partition coefficient (Wildman–Crippen LogP) is 3.29. The second-order valence-corrected chi connectivity index (χ2v) is 4.62. The van der Waals surface area contributed by atoms with E-state index in [0.29, 0.717) is 10.8 Å². The van der Waals surface area contributed by atoms with Crippen LogP contribution >= 0.6 is 11.6 Å². The van der Waals surface area contributed by atoms with Crippen LogP contribution < -0.4 is 5.32 Å². The predicted molar refractivity (Wildman–Crippen MR) is 70.8 cm³/mol. The fourth-order valence-electron chi connectivity index (χ4n) is 1.77. The van der Waals surface area contributed by atoms with Crippen molar-refractivity contribution in [2.24, 2.45) is 0 Å². The van der Waals surface area contributed by atoms with Crippen LogP contribution in [0.1, 0.15) is 23.0 Å². The molecule has 1 N–H and O–H groups in total. The van der Waals surface area contributed by atoms with E-state index in [0.717, 1.165) is 12.0 Å². The van der Waals surface area contributed by atoms with Crippen LogP contribution in [0.25, 0.3) is 0 Å². The van der Waals surface area contributed by atoms with E-state index in [4.69, 9.17) is 16.0 Å². The van der Waals surface area contributed by atoms with Crippen LogP contribution in [-0.4, -0.2) is 11.9 Å². The Kier molecular flexibility index (Phi) is 4.05. The molecule has 0 saturated heterocycles. The molecule has 94 valence electrons. The minimum absolute atomic E-state index is 0.0149. The Labute approximate surface area is 111 Å². The highest BCUT2D eigenvalue weighted by atomic mass is 35.5. The topological polar surface area (TPSA) is 42.2 Å². The first kappa shape index (κ1) is 12.7. The van der Waals surface area contributed by atoms with E-state index in [1.165, 1.54) is 6.26 Å². The molecule has 2 aromatic rings. The Bertz CT molecular complexity index is 522. The average molecular weight is 264 g/mol. The summed E-state index contributed by atoms with van der Waals surface area (Å²) < 4.78 is 5.03. The van der Waals surface area contributed by atoms with Gasteiger partial charge in [0.15, 0.2) is 5.76 Å². The first-order valence-electron chi connectivity index (χ1n) is 5.74. The summed E-state index contributed by atoms with van der Waals surface area (Å²) in [4.78, 5) is 11.7. The number of halogens is 1. The lowest BCUT2D eigenvalue weighted by Gasteiger charge is -2.13. The third-order valence-electron chi connectivity index (χ3n) is 2.55. The molecule has 3 nitrogen and oxygen atoms in total. The summed E-state index contributed by atoms with van der Waals surface area (Å²) in [7, 11) is 0. The van der Waals surface area contributed by atoms with E-state index in [1.54, 1.807) is 12.1 Å². The Morgan fingerprint density at radius 3 is 2.89 bits per heavy atom. The summed E-state index contributed by atoms with van der Waals surface area (Å²) in [5, 5.41) is 3.58. The third-order valence-corrected chi connectivity index (χ3v) is 2.79. The average Bonchev–Trinajstić information content (AvgIpc) is 2.81. The van der Waals surface area contributed by atoms with Crippen molar-refractivity contribution in [3.05, 3.63) is 59.0 Å². The molecule has 0 saturated carbocycles.